The Morgan fingerprint density at radius 2 is 1.90 bits per heavy atom. The lowest BCUT2D eigenvalue weighted by atomic mass is 9.96. The topological polar surface area (TPSA) is 32.3 Å². The molecule has 1 heterocycles. The highest BCUT2D eigenvalue weighted by atomic mass is 16.2. The van der Waals surface area contributed by atoms with Crippen molar-refractivity contribution < 1.29 is 4.79 Å². The van der Waals surface area contributed by atoms with Gasteiger partial charge in [-0.2, -0.15) is 0 Å². The van der Waals surface area contributed by atoms with E-state index in [1.165, 1.54) is 11.1 Å². The number of hydrogen-bond donors (Lipinski definition) is 1. The monoisotopic (exact) mass is 288 g/mol. The predicted octanol–water partition coefficient (Wildman–Crippen LogP) is 2.78. The molecule has 0 bridgehead atoms. The Morgan fingerprint density at radius 1 is 1.24 bits per heavy atom. The van der Waals surface area contributed by atoms with Crippen LogP contribution < -0.4 is 5.32 Å². The van der Waals surface area contributed by atoms with E-state index in [1.54, 1.807) is 0 Å². The highest BCUT2D eigenvalue weighted by Crippen LogP contribution is 2.17. The Balaban J connectivity index is 1.71. The molecule has 1 N–H and O–H groups in total. The minimum atomic E-state index is 0.317. The summed E-state index contributed by atoms with van der Waals surface area (Å²) in [4.78, 5) is 14.3. The van der Waals surface area contributed by atoms with E-state index in [0.29, 0.717) is 12.3 Å². The van der Waals surface area contributed by atoms with E-state index < -0.39 is 0 Å². The molecule has 1 amide bonds. The lowest BCUT2D eigenvalue weighted by Crippen LogP contribution is -2.40. The van der Waals surface area contributed by atoms with Crippen molar-refractivity contribution in [2.75, 3.05) is 26.2 Å². The van der Waals surface area contributed by atoms with Crippen molar-refractivity contribution in [2.45, 2.75) is 39.5 Å². The van der Waals surface area contributed by atoms with Gasteiger partial charge >= 0.3 is 0 Å². The third kappa shape index (κ3) is 5.16. The molecule has 116 valence electrons. The maximum atomic E-state index is 12.3. The van der Waals surface area contributed by atoms with Crippen LogP contribution in [0.2, 0.25) is 0 Å². The molecule has 0 atom stereocenters. The van der Waals surface area contributed by atoms with Crippen molar-refractivity contribution in [3.05, 3.63) is 35.4 Å². The number of nitrogens with one attached hydrogen (secondary N) is 1. The summed E-state index contributed by atoms with van der Waals surface area (Å²) in [6.07, 6.45) is 3.78. The number of carbonyl (C=O) groups is 1. The summed E-state index contributed by atoms with van der Waals surface area (Å²) >= 11 is 0. The quantitative estimate of drug-likeness (QED) is 0.873. The second kappa shape index (κ2) is 8.18. The molecule has 1 aliphatic heterocycles. The highest BCUT2D eigenvalue weighted by molar-refractivity contribution is 5.76. The fraction of sp³-hybridized carbons (Fsp3) is 0.611. The number of hydrogen-bond acceptors (Lipinski definition) is 2. The number of carbonyl (C=O) groups excluding carboxylic acids is 1. The first-order valence-corrected chi connectivity index (χ1v) is 8.23. The van der Waals surface area contributed by atoms with Gasteiger partial charge in [0, 0.05) is 19.5 Å². The van der Waals surface area contributed by atoms with Gasteiger partial charge < -0.3 is 10.2 Å². The molecule has 1 aliphatic rings. The van der Waals surface area contributed by atoms with Crippen LogP contribution in [0.1, 0.15) is 37.3 Å². The highest BCUT2D eigenvalue weighted by Gasteiger charge is 2.21. The van der Waals surface area contributed by atoms with Gasteiger partial charge in [0.1, 0.15) is 0 Å². The van der Waals surface area contributed by atoms with Crippen LogP contribution in [0.15, 0.2) is 24.3 Å². The van der Waals surface area contributed by atoms with E-state index in [4.69, 9.17) is 0 Å². The van der Waals surface area contributed by atoms with Crippen molar-refractivity contribution in [2.24, 2.45) is 5.92 Å². The number of piperidine rings is 1. The maximum absolute atomic E-state index is 12.3. The first-order chi connectivity index (χ1) is 10.2. The smallest absolute Gasteiger partial charge is 0.222 e. The third-order valence-corrected chi connectivity index (χ3v) is 4.40. The molecule has 3 heteroatoms. The third-order valence-electron chi connectivity index (χ3n) is 4.40. The normalized spacial score (nSPS) is 16.2. The first-order valence-electron chi connectivity index (χ1n) is 8.23. The molecule has 0 saturated carbocycles. The summed E-state index contributed by atoms with van der Waals surface area (Å²) in [5, 5.41) is 3.41. The summed E-state index contributed by atoms with van der Waals surface area (Å²) in [6, 6.07) is 8.49. The molecular formula is C18H28N2O. The van der Waals surface area contributed by atoms with Crippen molar-refractivity contribution in [1.29, 1.82) is 0 Å². The number of nitrogens with zero attached hydrogens (tertiary/aromatic N) is 1. The summed E-state index contributed by atoms with van der Waals surface area (Å²) in [6.45, 7) is 8.24. The fourth-order valence-electron chi connectivity index (χ4n) is 2.90. The lowest BCUT2D eigenvalue weighted by molar-refractivity contribution is -0.132. The Bertz CT molecular complexity index is 433. The van der Waals surface area contributed by atoms with Crippen LogP contribution >= 0.6 is 0 Å². The number of aryl methyl sites for hydroxylation is 2. The molecule has 0 aromatic heterocycles. The van der Waals surface area contributed by atoms with Gasteiger partial charge in [-0.15, -0.1) is 0 Å². The number of rotatable bonds is 6. The second-order valence-electron chi connectivity index (χ2n) is 6.12. The molecule has 1 saturated heterocycles. The molecule has 1 fully saturated rings. The zero-order valence-electron chi connectivity index (χ0n) is 13.4. The zero-order chi connectivity index (χ0) is 15.1. The van der Waals surface area contributed by atoms with E-state index in [1.807, 2.05) is 0 Å². The molecule has 0 radical (unpaired) electrons. The summed E-state index contributed by atoms with van der Waals surface area (Å²) < 4.78 is 0. The molecule has 21 heavy (non-hydrogen) atoms. The van der Waals surface area contributed by atoms with E-state index in [0.717, 1.165) is 51.4 Å². The molecule has 0 aliphatic carbocycles. The molecule has 0 unspecified atom stereocenters. The Hall–Kier alpha value is -1.35. The van der Waals surface area contributed by atoms with Crippen LogP contribution in [0.4, 0.5) is 0 Å². The Labute approximate surface area is 128 Å². The van der Waals surface area contributed by atoms with Crippen LogP contribution in [-0.4, -0.2) is 37.0 Å². The van der Waals surface area contributed by atoms with E-state index in [2.05, 4.69) is 48.3 Å². The van der Waals surface area contributed by atoms with Gasteiger partial charge in [0.2, 0.25) is 5.91 Å². The minimum Gasteiger partial charge on any atom is -0.343 e. The standard InChI is InChI=1S/C18H28N2O/c1-3-19-14-17-10-12-20(13-11-17)18(21)9-8-16-6-4-15(2)5-7-16/h4-7,17,19H,3,8-14H2,1-2H3. The van der Waals surface area contributed by atoms with Crippen molar-refractivity contribution in [3.63, 3.8) is 0 Å². The molecule has 0 spiro atoms. The van der Waals surface area contributed by atoms with Crippen LogP contribution in [0.3, 0.4) is 0 Å². The van der Waals surface area contributed by atoms with Crippen molar-refractivity contribution in [1.82, 2.24) is 10.2 Å². The van der Waals surface area contributed by atoms with E-state index in [-0.39, 0.29) is 0 Å². The van der Waals surface area contributed by atoms with E-state index >= 15 is 0 Å². The SMILES string of the molecule is CCNCC1CCN(C(=O)CCc2ccc(C)cc2)CC1. The zero-order valence-corrected chi connectivity index (χ0v) is 13.4. The van der Waals surface area contributed by atoms with Gasteiger partial charge in [-0.25, -0.2) is 0 Å². The van der Waals surface area contributed by atoms with Gasteiger partial charge in [-0.05, 0) is 50.8 Å². The predicted molar refractivity (Wildman–Crippen MR) is 87.3 cm³/mol. The number of benzene rings is 1. The molecule has 3 nitrogen and oxygen atoms in total. The largest absolute Gasteiger partial charge is 0.343 e. The van der Waals surface area contributed by atoms with Gasteiger partial charge in [-0.1, -0.05) is 36.8 Å². The van der Waals surface area contributed by atoms with Crippen molar-refractivity contribution in [3.8, 4) is 0 Å². The maximum Gasteiger partial charge on any atom is 0.222 e. The summed E-state index contributed by atoms with van der Waals surface area (Å²) in [5.74, 6) is 1.06. The fourth-order valence-corrected chi connectivity index (χ4v) is 2.90. The lowest BCUT2D eigenvalue weighted by Gasteiger charge is -2.32. The van der Waals surface area contributed by atoms with Crippen LogP contribution in [0.25, 0.3) is 0 Å². The summed E-state index contributed by atoms with van der Waals surface area (Å²) in [5.41, 5.74) is 2.53. The second-order valence-corrected chi connectivity index (χ2v) is 6.12. The van der Waals surface area contributed by atoms with Crippen LogP contribution in [0, 0.1) is 12.8 Å². The average molecular weight is 288 g/mol. The van der Waals surface area contributed by atoms with Crippen molar-refractivity contribution >= 4 is 5.91 Å². The van der Waals surface area contributed by atoms with Gasteiger partial charge in [-0.3, -0.25) is 4.79 Å². The van der Waals surface area contributed by atoms with Gasteiger partial charge in [0.15, 0.2) is 0 Å². The molecule has 1 aromatic carbocycles. The molecule has 1 aromatic rings. The van der Waals surface area contributed by atoms with Crippen LogP contribution in [0.5, 0.6) is 0 Å². The first kappa shape index (κ1) is 16.0. The van der Waals surface area contributed by atoms with Crippen LogP contribution in [-0.2, 0) is 11.2 Å². The number of amides is 1. The minimum absolute atomic E-state index is 0.317. The molecule has 2 rings (SSSR count). The summed E-state index contributed by atoms with van der Waals surface area (Å²) in [7, 11) is 0. The number of likely N-dealkylation sites (tertiary alicyclic amines) is 1. The average Bonchev–Trinajstić information content (AvgIpc) is 2.52. The Kier molecular flexibility index (Phi) is 6.24. The Morgan fingerprint density at radius 3 is 2.52 bits per heavy atom. The molecular weight excluding hydrogens is 260 g/mol. The van der Waals surface area contributed by atoms with E-state index in [9.17, 15) is 4.79 Å². The van der Waals surface area contributed by atoms with Gasteiger partial charge in [0.25, 0.3) is 0 Å². The van der Waals surface area contributed by atoms with Gasteiger partial charge in [0.05, 0.1) is 0 Å².